The molecule has 3 aromatic carbocycles. The molecule has 0 aromatic heterocycles. The van der Waals surface area contributed by atoms with Gasteiger partial charge in [-0.25, -0.2) is 10.2 Å². The van der Waals surface area contributed by atoms with E-state index in [4.69, 9.17) is 0 Å². The summed E-state index contributed by atoms with van der Waals surface area (Å²) in [7, 11) is 0. The average Bonchev–Trinajstić information content (AvgIpc) is 2.58. The first-order valence-corrected chi connectivity index (χ1v) is 8.10. The molecule has 0 spiro atoms. The molecular formula is C20H19N3O3. The van der Waals surface area contributed by atoms with Crippen LogP contribution in [0.1, 0.15) is 21.5 Å². The summed E-state index contributed by atoms with van der Waals surface area (Å²) in [5.74, 6) is -0.762. The molecule has 132 valence electrons. The van der Waals surface area contributed by atoms with Gasteiger partial charge in [-0.3, -0.25) is 10.2 Å². The topological polar surface area (TPSA) is 90.5 Å². The molecule has 3 amide bonds. The predicted molar refractivity (Wildman–Crippen MR) is 101 cm³/mol. The number of carbonyl (C=O) groups excluding carboxylic acids is 2. The standard InChI is InChI=1S/C20H19N3O3/c1-12-7-13(2)9-16(8-12)21-20(26)23-22-19(25)17-10-14-5-3-4-6-15(14)11-18(17)24/h3-11,24H,1-2H3,(H,22,25)(H2,21,23,26). The van der Waals surface area contributed by atoms with Gasteiger partial charge in [0.1, 0.15) is 5.75 Å². The number of benzene rings is 3. The second-order valence-electron chi connectivity index (χ2n) is 6.13. The van der Waals surface area contributed by atoms with Crippen molar-refractivity contribution in [1.29, 1.82) is 0 Å². The molecule has 0 heterocycles. The van der Waals surface area contributed by atoms with Gasteiger partial charge in [0.15, 0.2) is 0 Å². The van der Waals surface area contributed by atoms with E-state index in [-0.39, 0.29) is 11.3 Å². The molecule has 3 rings (SSSR count). The number of hydrogen-bond donors (Lipinski definition) is 4. The van der Waals surface area contributed by atoms with E-state index in [2.05, 4.69) is 16.2 Å². The number of hydrazine groups is 1. The third-order valence-electron chi connectivity index (χ3n) is 3.88. The highest BCUT2D eigenvalue weighted by Gasteiger charge is 2.13. The van der Waals surface area contributed by atoms with E-state index in [1.165, 1.54) is 6.07 Å². The molecule has 0 atom stereocenters. The van der Waals surface area contributed by atoms with Crippen molar-refractivity contribution in [3.8, 4) is 5.75 Å². The van der Waals surface area contributed by atoms with Crippen molar-refractivity contribution in [2.24, 2.45) is 0 Å². The second-order valence-corrected chi connectivity index (χ2v) is 6.13. The van der Waals surface area contributed by atoms with Gasteiger partial charge in [0.2, 0.25) is 0 Å². The summed E-state index contributed by atoms with van der Waals surface area (Å²) >= 11 is 0. The van der Waals surface area contributed by atoms with Crippen LogP contribution in [0.2, 0.25) is 0 Å². The summed E-state index contributed by atoms with van der Waals surface area (Å²) < 4.78 is 0. The first-order valence-electron chi connectivity index (χ1n) is 8.10. The first-order chi connectivity index (χ1) is 12.4. The van der Waals surface area contributed by atoms with E-state index in [9.17, 15) is 14.7 Å². The molecule has 0 aliphatic heterocycles. The van der Waals surface area contributed by atoms with Crippen LogP contribution in [0, 0.1) is 13.8 Å². The number of phenolic OH excluding ortho intramolecular Hbond substituents is 1. The quantitative estimate of drug-likeness (QED) is 0.533. The van der Waals surface area contributed by atoms with Crippen molar-refractivity contribution in [2.45, 2.75) is 13.8 Å². The number of fused-ring (bicyclic) bond motifs is 1. The number of urea groups is 1. The van der Waals surface area contributed by atoms with Gasteiger partial charge in [0, 0.05) is 5.69 Å². The Kier molecular flexibility index (Phi) is 4.75. The van der Waals surface area contributed by atoms with E-state index < -0.39 is 11.9 Å². The maximum Gasteiger partial charge on any atom is 0.337 e. The molecule has 3 aromatic rings. The minimum atomic E-state index is -0.608. The predicted octanol–water partition coefficient (Wildman–Crippen LogP) is 3.63. The zero-order valence-corrected chi connectivity index (χ0v) is 14.5. The van der Waals surface area contributed by atoms with Crippen molar-refractivity contribution < 1.29 is 14.7 Å². The van der Waals surface area contributed by atoms with Gasteiger partial charge in [-0.05, 0) is 60.0 Å². The van der Waals surface area contributed by atoms with Gasteiger partial charge in [-0.15, -0.1) is 0 Å². The van der Waals surface area contributed by atoms with Crippen molar-refractivity contribution in [2.75, 3.05) is 5.32 Å². The number of hydrogen-bond acceptors (Lipinski definition) is 3. The lowest BCUT2D eigenvalue weighted by atomic mass is 10.1. The SMILES string of the molecule is Cc1cc(C)cc(NC(=O)NNC(=O)c2cc3ccccc3cc2O)c1. The number of phenols is 1. The Hall–Kier alpha value is -3.54. The summed E-state index contributed by atoms with van der Waals surface area (Å²) in [6, 6.07) is 15.5. The van der Waals surface area contributed by atoms with Gasteiger partial charge >= 0.3 is 6.03 Å². The molecule has 0 saturated heterocycles. The van der Waals surface area contributed by atoms with E-state index in [1.54, 1.807) is 6.07 Å². The van der Waals surface area contributed by atoms with E-state index >= 15 is 0 Å². The van der Waals surface area contributed by atoms with Crippen molar-refractivity contribution >= 4 is 28.4 Å². The number of nitrogens with one attached hydrogen (secondary N) is 3. The molecular weight excluding hydrogens is 330 g/mol. The largest absolute Gasteiger partial charge is 0.507 e. The lowest BCUT2D eigenvalue weighted by molar-refractivity contribution is 0.0935. The number of rotatable bonds is 2. The zero-order chi connectivity index (χ0) is 18.7. The maximum absolute atomic E-state index is 12.3. The maximum atomic E-state index is 12.3. The third kappa shape index (κ3) is 3.92. The lowest BCUT2D eigenvalue weighted by Crippen LogP contribution is -2.43. The highest BCUT2D eigenvalue weighted by molar-refractivity contribution is 6.02. The van der Waals surface area contributed by atoms with Gasteiger partial charge in [-0.1, -0.05) is 30.3 Å². The highest BCUT2D eigenvalue weighted by Crippen LogP contribution is 2.24. The molecule has 0 unspecified atom stereocenters. The molecule has 6 nitrogen and oxygen atoms in total. The summed E-state index contributed by atoms with van der Waals surface area (Å²) in [4.78, 5) is 24.2. The van der Waals surface area contributed by atoms with Crippen molar-refractivity contribution in [3.63, 3.8) is 0 Å². The molecule has 0 fully saturated rings. The van der Waals surface area contributed by atoms with Crippen LogP contribution < -0.4 is 16.2 Å². The zero-order valence-electron chi connectivity index (χ0n) is 14.5. The minimum absolute atomic E-state index is 0.0791. The number of anilines is 1. The monoisotopic (exact) mass is 349 g/mol. The molecule has 0 radical (unpaired) electrons. The van der Waals surface area contributed by atoms with Crippen LogP contribution in [0.15, 0.2) is 54.6 Å². The first kappa shape index (κ1) is 17.3. The third-order valence-corrected chi connectivity index (χ3v) is 3.88. The Labute approximate surface area is 150 Å². The lowest BCUT2D eigenvalue weighted by Gasteiger charge is -2.11. The van der Waals surface area contributed by atoms with Crippen molar-refractivity contribution in [3.05, 3.63) is 71.3 Å². The summed E-state index contributed by atoms with van der Waals surface area (Å²) in [6.45, 7) is 3.86. The van der Waals surface area contributed by atoms with Crippen LogP contribution in [-0.4, -0.2) is 17.0 Å². The van der Waals surface area contributed by atoms with Crippen LogP contribution in [0.25, 0.3) is 10.8 Å². The Balaban J connectivity index is 1.66. The molecule has 26 heavy (non-hydrogen) atoms. The molecule has 6 heteroatoms. The van der Waals surface area contributed by atoms with Crippen LogP contribution in [0.4, 0.5) is 10.5 Å². The van der Waals surface area contributed by atoms with Gasteiger partial charge in [0.25, 0.3) is 5.91 Å². The smallest absolute Gasteiger partial charge is 0.337 e. The van der Waals surface area contributed by atoms with Crippen molar-refractivity contribution in [1.82, 2.24) is 10.9 Å². The van der Waals surface area contributed by atoms with Crippen LogP contribution in [0.3, 0.4) is 0 Å². The van der Waals surface area contributed by atoms with Gasteiger partial charge in [0.05, 0.1) is 5.56 Å². The minimum Gasteiger partial charge on any atom is -0.507 e. The Morgan fingerprint density at radius 2 is 1.46 bits per heavy atom. The van der Waals surface area contributed by atoms with Crippen LogP contribution >= 0.6 is 0 Å². The molecule has 0 saturated carbocycles. The Morgan fingerprint density at radius 1 is 0.846 bits per heavy atom. The van der Waals surface area contributed by atoms with Crippen LogP contribution in [-0.2, 0) is 0 Å². The number of amides is 3. The normalized spacial score (nSPS) is 10.4. The molecule has 0 bridgehead atoms. The summed E-state index contributed by atoms with van der Waals surface area (Å²) in [6.07, 6.45) is 0. The number of carbonyl (C=O) groups is 2. The average molecular weight is 349 g/mol. The summed E-state index contributed by atoms with van der Waals surface area (Å²) in [5.41, 5.74) is 7.32. The number of aromatic hydroxyl groups is 1. The Bertz CT molecular complexity index is 979. The van der Waals surface area contributed by atoms with Crippen LogP contribution in [0.5, 0.6) is 5.75 Å². The molecule has 0 aliphatic carbocycles. The molecule has 0 aliphatic rings. The highest BCUT2D eigenvalue weighted by atomic mass is 16.3. The van der Waals surface area contributed by atoms with Gasteiger partial charge < -0.3 is 10.4 Å². The summed E-state index contributed by atoms with van der Waals surface area (Å²) in [5, 5.41) is 14.3. The van der Waals surface area contributed by atoms with E-state index in [1.807, 2.05) is 56.3 Å². The van der Waals surface area contributed by atoms with E-state index in [0.717, 1.165) is 21.9 Å². The fourth-order valence-corrected chi connectivity index (χ4v) is 2.80. The Morgan fingerprint density at radius 3 is 2.12 bits per heavy atom. The van der Waals surface area contributed by atoms with Gasteiger partial charge in [-0.2, -0.15) is 0 Å². The van der Waals surface area contributed by atoms with E-state index in [0.29, 0.717) is 5.69 Å². The number of aryl methyl sites for hydroxylation is 2. The fraction of sp³-hybridized carbons (Fsp3) is 0.100. The second kappa shape index (κ2) is 7.14. The molecule has 4 N–H and O–H groups in total. The fourth-order valence-electron chi connectivity index (χ4n) is 2.80.